The number of amides is 1. The van der Waals surface area contributed by atoms with Gasteiger partial charge >= 0.3 is 0 Å². The number of nitrogens with zero attached hydrogens (tertiary/aromatic N) is 1. The van der Waals surface area contributed by atoms with Crippen LogP contribution in [0, 0.1) is 0 Å². The first-order valence-corrected chi connectivity index (χ1v) is 7.35. The number of benzene rings is 1. The van der Waals surface area contributed by atoms with Crippen molar-refractivity contribution in [2.45, 2.75) is 25.9 Å². The van der Waals surface area contributed by atoms with Gasteiger partial charge < -0.3 is 24.4 Å². The lowest BCUT2D eigenvalue weighted by Crippen LogP contribution is -2.55. The van der Waals surface area contributed by atoms with Gasteiger partial charge in [0.2, 0.25) is 0 Å². The van der Waals surface area contributed by atoms with E-state index in [9.17, 15) is 4.79 Å². The summed E-state index contributed by atoms with van der Waals surface area (Å²) in [5, 5.41) is 3.42. The summed E-state index contributed by atoms with van der Waals surface area (Å²) in [6.07, 6.45) is 0. The molecule has 1 N–H and O–H groups in total. The molecule has 1 amide bonds. The van der Waals surface area contributed by atoms with Gasteiger partial charge in [-0.15, -0.1) is 0 Å². The van der Waals surface area contributed by atoms with Crippen molar-refractivity contribution >= 4 is 5.91 Å². The zero-order valence-corrected chi connectivity index (χ0v) is 13.8. The number of hydrogen-bond donors (Lipinski definition) is 1. The third-order valence-electron chi connectivity index (χ3n) is 3.78. The van der Waals surface area contributed by atoms with Gasteiger partial charge in [0, 0.05) is 37.3 Å². The van der Waals surface area contributed by atoms with Gasteiger partial charge in [0.15, 0.2) is 11.5 Å². The highest BCUT2D eigenvalue weighted by molar-refractivity contribution is 5.98. The van der Waals surface area contributed by atoms with Gasteiger partial charge in [-0.05, 0) is 13.8 Å². The standard InChI is InChI=1S/C16H24N2O4/c1-10-8-18(9-11(2)17-10)16(19)12-6-14(21-4)15(22-5)7-13(12)20-3/h6-7,10-11,17H,8-9H2,1-5H3. The molecule has 0 bridgehead atoms. The molecule has 1 heterocycles. The minimum Gasteiger partial charge on any atom is -0.496 e. The highest BCUT2D eigenvalue weighted by Crippen LogP contribution is 2.35. The van der Waals surface area contributed by atoms with Crippen LogP contribution in [0.25, 0.3) is 0 Å². The van der Waals surface area contributed by atoms with E-state index in [1.165, 1.54) is 0 Å². The summed E-state index contributed by atoms with van der Waals surface area (Å²) in [6.45, 7) is 5.48. The molecule has 1 aromatic carbocycles. The lowest BCUT2D eigenvalue weighted by molar-refractivity contribution is 0.0670. The summed E-state index contributed by atoms with van der Waals surface area (Å²) in [5.74, 6) is 1.49. The largest absolute Gasteiger partial charge is 0.496 e. The van der Waals surface area contributed by atoms with Crippen molar-refractivity contribution in [2.24, 2.45) is 0 Å². The molecule has 0 saturated carbocycles. The molecule has 1 fully saturated rings. The molecule has 1 aromatic rings. The van der Waals surface area contributed by atoms with E-state index in [0.717, 1.165) is 0 Å². The zero-order valence-electron chi connectivity index (χ0n) is 13.8. The van der Waals surface area contributed by atoms with Gasteiger partial charge in [0.05, 0.1) is 26.9 Å². The minimum atomic E-state index is -0.0574. The summed E-state index contributed by atoms with van der Waals surface area (Å²) in [5.41, 5.74) is 0.487. The fraction of sp³-hybridized carbons (Fsp3) is 0.562. The molecule has 2 atom stereocenters. The predicted octanol–water partition coefficient (Wildman–Crippen LogP) is 1.53. The molecule has 0 spiro atoms. The van der Waals surface area contributed by atoms with Crippen LogP contribution in [-0.2, 0) is 0 Å². The average molecular weight is 308 g/mol. The molecule has 1 aliphatic heterocycles. The molecule has 6 nitrogen and oxygen atoms in total. The molecule has 122 valence electrons. The average Bonchev–Trinajstić information content (AvgIpc) is 2.51. The third-order valence-corrected chi connectivity index (χ3v) is 3.78. The second-order valence-electron chi connectivity index (χ2n) is 5.59. The Bertz CT molecular complexity index is 537. The number of nitrogens with one attached hydrogen (secondary N) is 1. The molecule has 1 aliphatic rings. The quantitative estimate of drug-likeness (QED) is 0.914. The summed E-state index contributed by atoms with van der Waals surface area (Å²) in [4.78, 5) is 14.7. The Kier molecular flexibility index (Phi) is 5.13. The monoisotopic (exact) mass is 308 g/mol. The van der Waals surface area contributed by atoms with Crippen molar-refractivity contribution in [1.82, 2.24) is 10.2 Å². The molecule has 1 saturated heterocycles. The lowest BCUT2D eigenvalue weighted by atomic mass is 10.1. The Balaban J connectivity index is 2.35. The van der Waals surface area contributed by atoms with E-state index in [4.69, 9.17) is 14.2 Å². The maximum absolute atomic E-state index is 12.9. The van der Waals surface area contributed by atoms with Gasteiger partial charge in [-0.2, -0.15) is 0 Å². The van der Waals surface area contributed by atoms with Gasteiger partial charge in [0.25, 0.3) is 5.91 Å². The number of ether oxygens (including phenoxy) is 3. The number of methoxy groups -OCH3 is 3. The smallest absolute Gasteiger partial charge is 0.257 e. The van der Waals surface area contributed by atoms with Gasteiger partial charge in [-0.1, -0.05) is 0 Å². The highest BCUT2D eigenvalue weighted by atomic mass is 16.5. The molecule has 2 unspecified atom stereocenters. The normalized spacial score (nSPS) is 21.4. The Morgan fingerprint density at radius 1 is 1.00 bits per heavy atom. The van der Waals surface area contributed by atoms with E-state index >= 15 is 0 Å². The molecular formula is C16H24N2O4. The molecule has 22 heavy (non-hydrogen) atoms. The Labute approximate surface area is 131 Å². The van der Waals surface area contributed by atoms with Crippen molar-refractivity contribution in [1.29, 1.82) is 0 Å². The summed E-state index contributed by atoms with van der Waals surface area (Å²) < 4.78 is 15.9. The first-order chi connectivity index (χ1) is 10.5. The molecule has 0 aromatic heterocycles. The van der Waals surface area contributed by atoms with Crippen molar-refractivity contribution < 1.29 is 19.0 Å². The molecule has 0 radical (unpaired) electrons. The molecule has 6 heteroatoms. The van der Waals surface area contributed by atoms with Crippen LogP contribution < -0.4 is 19.5 Å². The van der Waals surface area contributed by atoms with Gasteiger partial charge in [-0.25, -0.2) is 0 Å². The van der Waals surface area contributed by atoms with Crippen LogP contribution in [0.4, 0.5) is 0 Å². The Morgan fingerprint density at radius 3 is 2.00 bits per heavy atom. The molecule has 2 rings (SSSR count). The number of piperazine rings is 1. The summed E-state index contributed by atoms with van der Waals surface area (Å²) >= 11 is 0. The van der Waals surface area contributed by atoms with Crippen LogP contribution in [-0.4, -0.2) is 57.3 Å². The summed E-state index contributed by atoms with van der Waals surface area (Å²) in [7, 11) is 4.65. The number of rotatable bonds is 4. The highest BCUT2D eigenvalue weighted by Gasteiger charge is 2.28. The van der Waals surface area contributed by atoms with Crippen LogP contribution >= 0.6 is 0 Å². The van der Waals surface area contributed by atoms with Crippen LogP contribution in [0.15, 0.2) is 12.1 Å². The van der Waals surface area contributed by atoms with Crippen molar-refractivity contribution in [3.05, 3.63) is 17.7 Å². The summed E-state index contributed by atoms with van der Waals surface area (Å²) in [6, 6.07) is 3.89. The number of hydrogen-bond acceptors (Lipinski definition) is 5. The van der Waals surface area contributed by atoms with Crippen LogP contribution in [0.3, 0.4) is 0 Å². The van der Waals surface area contributed by atoms with E-state index in [-0.39, 0.29) is 18.0 Å². The number of carbonyl (C=O) groups is 1. The van der Waals surface area contributed by atoms with Crippen molar-refractivity contribution in [3.63, 3.8) is 0 Å². The van der Waals surface area contributed by atoms with Crippen molar-refractivity contribution in [3.8, 4) is 17.2 Å². The van der Waals surface area contributed by atoms with E-state index in [0.29, 0.717) is 35.9 Å². The Morgan fingerprint density at radius 2 is 1.50 bits per heavy atom. The van der Waals surface area contributed by atoms with Crippen LogP contribution in [0.2, 0.25) is 0 Å². The molecule has 0 aliphatic carbocycles. The van der Waals surface area contributed by atoms with Crippen LogP contribution in [0.5, 0.6) is 17.2 Å². The van der Waals surface area contributed by atoms with Gasteiger partial charge in [0.1, 0.15) is 5.75 Å². The number of carbonyl (C=O) groups excluding carboxylic acids is 1. The maximum Gasteiger partial charge on any atom is 0.257 e. The second kappa shape index (κ2) is 6.87. The molecular weight excluding hydrogens is 284 g/mol. The first-order valence-electron chi connectivity index (χ1n) is 7.35. The minimum absolute atomic E-state index is 0.0574. The lowest BCUT2D eigenvalue weighted by Gasteiger charge is -2.36. The van der Waals surface area contributed by atoms with Crippen molar-refractivity contribution in [2.75, 3.05) is 34.4 Å². The predicted molar refractivity (Wildman–Crippen MR) is 84.1 cm³/mol. The fourth-order valence-corrected chi connectivity index (χ4v) is 2.86. The second-order valence-corrected chi connectivity index (χ2v) is 5.59. The third kappa shape index (κ3) is 3.27. The maximum atomic E-state index is 12.9. The topological polar surface area (TPSA) is 60.0 Å². The van der Waals surface area contributed by atoms with E-state index in [2.05, 4.69) is 19.2 Å². The van der Waals surface area contributed by atoms with E-state index in [1.807, 2.05) is 4.90 Å². The Hall–Kier alpha value is -1.95. The van der Waals surface area contributed by atoms with Crippen LogP contribution in [0.1, 0.15) is 24.2 Å². The van der Waals surface area contributed by atoms with E-state index in [1.54, 1.807) is 33.5 Å². The van der Waals surface area contributed by atoms with Gasteiger partial charge in [-0.3, -0.25) is 4.79 Å². The SMILES string of the molecule is COc1cc(OC)c(C(=O)N2CC(C)NC(C)C2)cc1OC. The first kappa shape index (κ1) is 16.4. The van der Waals surface area contributed by atoms with E-state index < -0.39 is 0 Å². The zero-order chi connectivity index (χ0) is 16.3. The fourth-order valence-electron chi connectivity index (χ4n) is 2.86.